The molecule has 0 atom stereocenters. The molecule has 0 bridgehead atoms. The molecular weight excluding hydrogens is 192 g/mol. The van der Waals surface area contributed by atoms with Crippen molar-refractivity contribution in [3.63, 3.8) is 0 Å². The summed E-state index contributed by atoms with van der Waals surface area (Å²) in [4.78, 5) is 0. The summed E-state index contributed by atoms with van der Waals surface area (Å²) in [6.45, 7) is 8.79. The summed E-state index contributed by atoms with van der Waals surface area (Å²) in [5, 5.41) is 11.6. The minimum Gasteiger partial charge on any atom is -0.409 e. The molecule has 0 amide bonds. The number of nitrogens with zero attached hydrogens (tertiary/aromatic N) is 1. The molecule has 0 saturated carbocycles. The Morgan fingerprint density at radius 3 is 2.47 bits per heavy atom. The van der Waals surface area contributed by atoms with Crippen molar-refractivity contribution >= 4 is 5.84 Å². The number of oxime groups is 1. The van der Waals surface area contributed by atoms with Gasteiger partial charge in [0.25, 0.3) is 0 Å². The van der Waals surface area contributed by atoms with Crippen LogP contribution < -0.4 is 5.73 Å². The summed E-state index contributed by atoms with van der Waals surface area (Å²) in [7, 11) is 0. The molecule has 4 heteroatoms. The molecule has 0 aromatic carbocycles. The zero-order valence-corrected chi connectivity index (χ0v) is 10.3. The molecule has 0 saturated heterocycles. The average Bonchev–Trinajstić information content (AvgIpc) is 2.15. The second-order valence-corrected chi connectivity index (χ2v) is 4.75. The summed E-state index contributed by atoms with van der Waals surface area (Å²) in [6.07, 6.45) is 3.24. The zero-order valence-electron chi connectivity index (χ0n) is 10.3. The van der Waals surface area contributed by atoms with Crippen LogP contribution in [0, 0.1) is 5.41 Å². The molecule has 4 nitrogen and oxygen atoms in total. The Hall–Kier alpha value is -0.770. The minimum atomic E-state index is -0.230. The van der Waals surface area contributed by atoms with Crippen LogP contribution >= 0.6 is 0 Å². The monoisotopic (exact) mass is 216 g/mol. The van der Waals surface area contributed by atoms with E-state index in [0.29, 0.717) is 11.9 Å². The lowest BCUT2D eigenvalue weighted by molar-refractivity contribution is 0.0749. The quantitative estimate of drug-likeness (QED) is 0.226. The highest BCUT2D eigenvalue weighted by Gasteiger charge is 2.22. The molecule has 15 heavy (non-hydrogen) atoms. The van der Waals surface area contributed by atoms with Crippen LogP contribution in [0.15, 0.2) is 5.16 Å². The predicted octanol–water partition coefficient (Wildman–Crippen LogP) is 2.35. The third kappa shape index (κ3) is 6.33. The Bertz CT molecular complexity index is 201. The first-order valence-electron chi connectivity index (χ1n) is 5.49. The third-order valence-electron chi connectivity index (χ3n) is 2.45. The Kier molecular flexibility index (Phi) is 6.32. The van der Waals surface area contributed by atoms with E-state index in [0.717, 1.165) is 25.9 Å². The first-order chi connectivity index (χ1) is 6.90. The van der Waals surface area contributed by atoms with Gasteiger partial charge in [-0.05, 0) is 26.7 Å². The Morgan fingerprint density at radius 1 is 1.40 bits per heavy atom. The fourth-order valence-corrected chi connectivity index (χ4v) is 1.25. The van der Waals surface area contributed by atoms with E-state index >= 15 is 0 Å². The van der Waals surface area contributed by atoms with E-state index in [9.17, 15) is 0 Å². The van der Waals surface area contributed by atoms with Gasteiger partial charge >= 0.3 is 0 Å². The highest BCUT2D eigenvalue weighted by Crippen LogP contribution is 2.23. The van der Waals surface area contributed by atoms with Crippen LogP contribution in [0.25, 0.3) is 0 Å². The van der Waals surface area contributed by atoms with Crippen LogP contribution in [0.4, 0.5) is 0 Å². The lowest BCUT2D eigenvalue weighted by Crippen LogP contribution is -2.31. The molecule has 0 aliphatic carbocycles. The molecule has 0 unspecified atom stereocenters. The maximum atomic E-state index is 8.58. The van der Waals surface area contributed by atoms with E-state index in [-0.39, 0.29) is 5.41 Å². The molecule has 0 spiro atoms. The van der Waals surface area contributed by atoms with Crippen molar-refractivity contribution in [3.05, 3.63) is 0 Å². The van der Waals surface area contributed by atoms with Crippen LogP contribution in [0.1, 0.15) is 47.0 Å². The van der Waals surface area contributed by atoms with E-state index in [1.54, 1.807) is 0 Å². The molecule has 0 heterocycles. The summed E-state index contributed by atoms with van der Waals surface area (Å²) in [6, 6.07) is 0. The number of hydrogen-bond donors (Lipinski definition) is 2. The minimum absolute atomic E-state index is 0.230. The highest BCUT2D eigenvalue weighted by atomic mass is 16.5. The molecule has 3 N–H and O–H groups in total. The normalized spacial score (nSPS) is 13.5. The fourth-order valence-electron chi connectivity index (χ4n) is 1.25. The molecule has 0 fully saturated rings. The van der Waals surface area contributed by atoms with Gasteiger partial charge in [0.15, 0.2) is 0 Å². The van der Waals surface area contributed by atoms with Crippen molar-refractivity contribution in [2.24, 2.45) is 16.3 Å². The molecule has 0 radical (unpaired) electrons. The van der Waals surface area contributed by atoms with Gasteiger partial charge in [0.1, 0.15) is 5.84 Å². The molecular formula is C11H24N2O2. The summed E-state index contributed by atoms with van der Waals surface area (Å²) in [5.41, 5.74) is 5.35. The smallest absolute Gasteiger partial charge is 0.144 e. The van der Waals surface area contributed by atoms with Crippen LogP contribution in [0.3, 0.4) is 0 Å². The lowest BCUT2D eigenvalue weighted by atomic mass is 9.86. The van der Waals surface area contributed by atoms with E-state index in [2.05, 4.69) is 5.16 Å². The standard InChI is InChI=1S/C11H24N2O2/c1-9(2)15-8-6-5-7-11(3,4)10(12)13-14/h9,14H,5-8H2,1-4H3,(H2,12,13). The van der Waals surface area contributed by atoms with Crippen molar-refractivity contribution in [2.75, 3.05) is 6.61 Å². The van der Waals surface area contributed by atoms with E-state index in [1.807, 2.05) is 27.7 Å². The molecule has 0 aromatic heterocycles. The van der Waals surface area contributed by atoms with E-state index in [4.69, 9.17) is 15.7 Å². The number of rotatable bonds is 7. The van der Waals surface area contributed by atoms with Crippen molar-refractivity contribution in [1.29, 1.82) is 0 Å². The molecule has 0 rings (SSSR count). The maximum absolute atomic E-state index is 8.58. The second kappa shape index (κ2) is 6.67. The van der Waals surface area contributed by atoms with Gasteiger partial charge in [0.05, 0.1) is 6.10 Å². The number of amidine groups is 1. The first kappa shape index (κ1) is 14.2. The Labute approximate surface area is 92.5 Å². The SMILES string of the molecule is CC(C)OCCCCC(C)(C)C(N)=NO. The van der Waals surface area contributed by atoms with Gasteiger partial charge in [-0.25, -0.2) is 0 Å². The highest BCUT2D eigenvalue weighted by molar-refractivity contribution is 5.85. The predicted molar refractivity (Wildman–Crippen MR) is 62.1 cm³/mol. The number of ether oxygens (including phenoxy) is 1. The largest absolute Gasteiger partial charge is 0.409 e. The number of unbranched alkanes of at least 4 members (excludes halogenated alkanes) is 1. The molecule has 0 aliphatic rings. The summed E-state index contributed by atoms with van der Waals surface area (Å²) < 4.78 is 5.43. The average molecular weight is 216 g/mol. The van der Waals surface area contributed by atoms with Gasteiger partial charge in [0.2, 0.25) is 0 Å². The molecule has 0 aromatic rings. The number of nitrogens with two attached hydrogens (primary N) is 1. The van der Waals surface area contributed by atoms with Gasteiger partial charge < -0.3 is 15.7 Å². The lowest BCUT2D eigenvalue weighted by Gasteiger charge is -2.22. The van der Waals surface area contributed by atoms with Gasteiger partial charge in [-0.2, -0.15) is 0 Å². The molecule has 0 aliphatic heterocycles. The van der Waals surface area contributed by atoms with Gasteiger partial charge in [-0.15, -0.1) is 0 Å². The van der Waals surface area contributed by atoms with Crippen molar-refractivity contribution in [1.82, 2.24) is 0 Å². The second-order valence-electron chi connectivity index (χ2n) is 4.75. The Balaban J connectivity index is 3.67. The maximum Gasteiger partial charge on any atom is 0.144 e. The van der Waals surface area contributed by atoms with Crippen molar-refractivity contribution in [3.8, 4) is 0 Å². The number of hydrogen-bond acceptors (Lipinski definition) is 3. The summed E-state index contributed by atoms with van der Waals surface area (Å²) in [5.74, 6) is 0.298. The first-order valence-corrected chi connectivity index (χ1v) is 5.49. The van der Waals surface area contributed by atoms with E-state index < -0.39 is 0 Å². The van der Waals surface area contributed by atoms with Gasteiger partial charge in [-0.3, -0.25) is 0 Å². The van der Waals surface area contributed by atoms with Crippen molar-refractivity contribution < 1.29 is 9.94 Å². The topological polar surface area (TPSA) is 67.8 Å². The Morgan fingerprint density at radius 2 is 2.00 bits per heavy atom. The summed E-state index contributed by atoms with van der Waals surface area (Å²) >= 11 is 0. The van der Waals surface area contributed by atoms with Crippen LogP contribution in [-0.4, -0.2) is 23.8 Å². The third-order valence-corrected chi connectivity index (χ3v) is 2.45. The molecule has 90 valence electrons. The van der Waals surface area contributed by atoms with Crippen LogP contribution in [-0.2, 0) is 4.74 Å². The fraction of sp³-hybridized carbons (Fsp3) is 0.909. The van der Waals surface area contributed by atoms with Crippen LogP contribution in [0.5, 0.6) is 0 Å². The van der Waals surface area contributed by atoms with Gasteiger partial charge in [-0.1, -0.05) is 25.4 Å². The zero-order chi connectivity index (χ0) is 11.9. The van der Waals surface area contributed by atoms with E-state index in [1.165, 1.54) is 0 Å². The van der Waals surface area contributed by atoms with Gasteiger partial charge in [0, 0.05) is 12.0 Å². The van der Waals surface area contributed by atoms with Crippen molar-refractivity contribution in [2.45, 2.75) is 53.1 Å². The van der Waals surface area contributed by atoms with Crippen LogP contribution in [0.2, 0.25) is 0 Å².